The summed E-state index contributed by atoms with van der Waals surface area (Å²) < 4.78 is 0. The van der Waals surface area contributed by atoms with Crippen molar-refractivity contribution in [2.75, 3.05) is 7.05 Å². The third-order valence-corrected chi connectivity index (χ3v) is 5.29. The second kappa shape index (κ2) is 5.03. The highest BCUT2D eigenvalue weighted by molar-refractivity contribution is 6.33. The van der Waals surface area contributed by atoms with Gasteiger partial charge < -0.3 is 5.32 Å². The molecule has 2 aliphatic carbocycles. The molecular formula is C15H19Cl2N. The van der Waals surface area contributed by atoms with Gasteiger partial charge in [0.05, 0.1) is 0 Å². The zero-order valence-electron chi connectivity index (χ0n) is 10.6. The van der Waals surface area contributed by atoms with Crippen molar-refractivity contribution in [1.29, 1.82) is 0 Å². The summed E-state index contributed by atoms with van der Waals surface area (Å²) in [6.45, 7) is 0. The van der Waals surface area contributed by atoms with E-state index >= 15 is 0 Å². The summed E-state index contributed by atoms with van der Waals surface area (Å²) in [5, 5.41) is 5.07. The average molecular weight is 284 g/mol. The predicted molar refractivity (Wildman–Crippen MR) is 77.2 cm³/mol. The Labute approximate surface area is 119 Å². The lowest BCUT2D eigenvalue weighted by Gasteiger charge is -2.19. The van der Waals surface area contributed by atoms with Crippen molar-refractivity contribution in [2.45, 2.75) is 31.7 Å². The Kier molecular flexibility index (Phi) is 3.57. The average Bonchev–Trinajstić information content (AvgIpc) is 3.09. The summed E-state index contributed by atoms with van der Waals surface area (Å²) in [6.07, 6.45) is 5.59. The van der Waals surface area contributed by atoms with Crippen molar-refractivity contribution in [1.82, 2.24) is 5.32 Å². The summed E-state index contributed by atoms with van der Waals surface area (Å²) >= 11 is 12.4. The van der Waals surface area contributed by atoms with Crippen LogP contribution in [0.1, 0.15) is 37.3 Å². The molecule has 1 nitrogen and oxygen atoms in total. The lowest BCUT2D eigenvalue weighted by atomic mass is 10.00. The predicted octanol–water partition coefficient (Wildman–Crippen LogP) is 4.69. The SMILES string of the molecule is CNC(c1cc(Cl)ccc1Cl)C1C2CCCCC21. The molecule has 0 radical (unpaired) electrons. The molecule has 18 heavy (non-hydrogen) atoms. The summed E-state index contributed by atoms with van der Waals surface area (Å²) in [5.41, 5.74) is 1.17. The molecule has 0 aliphatic heterocycles. The molecule has 98 valence electrons. The quantitative estimate of drug-likeness (QED) is 0.849. The van der Waals surface area contributed by atoms with E-state index in [2.05, 4.69) is 5.32 Å². The molecule has 0 bridgehead atoms. The molecule has 2 saturated carbocycles. The molecule has 3 heteroatoms. The number of hydrogen-bond acceptors (Lipinski definition) is 1. The van der Waals surface area contributed by atoms with Gasteiger partial charge in [0.15, 0.2) is 0 Å². The number of rotatable bonds is 3. The van der Waals surface area contributed by atoms with Gasteiger partial charge in [0.1, 0.15) is 0 Å². The van der Waals surface area contributed by atoms with Crippen molar-refractivity contribution < 1.29 is 0 Å². The molecule has 0 heterocycles. The van der Waals surface area contributed by atoms with Crippen LogP contribution in [0.15, 0.2) is 18.2 Å². The molecule has 0 aromatic heterocycles. The molecular weight excluding hydrogens is 265 g/mol. The highest BCUT2D eigenvalue weighted by atomic mass is 35.5. The Morgan fingerprint density at radius 3 is 2.44 bits per heavy atom. The van der Waals surface area contributed by atoms with Gasteiger partial charge in [-0.25, -0.2) is 0 Å². The molecule has 1 aromatic carbocycles. The Hall–Kier alpha value is -0.240. The normalized spacial score (nSPS) is 31.8. The number of benzene rings is 1. The number of nitrogens with one attached hydrogen (secondary N) is 1. The van der Waals surface area contributed by atoms with Crippen molar-refractivity contribution in [3.8, 4) is 0 Å². The Morgan fingerprint density at radius 2 is 1.83 bits per heavy atom. The van der Waals surface area contributed by atoms with Gasteiger partial charge in [0, 0.05) is 16.1 Å². The van der Waals surface area contributed by atoms with Crippen LogP contribution < -0.4 is 5.32 Å². The highest BCUT2D eigenvalue weighted by Crippen LogP contribution is 2.60. The van der Waals surface area contributed by atoms with Gasteiger partial charge >= 0.3 is 0 Å². The largest absolute Gasteiger partial charge is 0.313 e. The third kappa shape index (κ3) is 2.17. The van der Waals surface area contributed by atoms with E-state index in [-0.39, 0.29) is 0 Å². The van der Waals surface area contributed by atoms with Crippen LogP contribution in [0.3, 0.4) is 0 Å². The van der Waals surface area contributed by atoms with E-state index in [9.17, 15) is 0 Å². The van der Waals surface area contributed by atoms with Crippen LogP contribution in [-0.2, 0) is 0 Å². The highest BCUT2D eigenvalue weighted by Gasteiger charge is 2.54. The summed E-state index contributed by atoms with van der Waals surface area (Å²) in [7, 11) is 2.03. The van der Waals surface area contributed by atoms with Crippen molar-refractivity contribution >= 4 is 23.2 Å². The molecule has 0 amide bonds. The van der Waals surface area contributed by atoms with Gasteiger partial charge in [-0.15, -0.1) is 0 Å². The fourth-order valence-corrected chi connectivity index (χ4v) is 4.27. The van der Waals surface area contributed by atoms with Crippen molar-refractivity contribution in [3.63, 3.8) is 0 Å². The molecule has 3 unspecified atom stereocenters. The maximum Gasteiger partial charge on any atom is 0.0454 e. The minimum atomic E-state index is 0.365. The van der Waals surface area contributed by atoms with Gasteiger partial charge in [-0.1, -0.05) is 36.0 Å². The van der Waals surface area contributed by atoms with Crippen molar-refractivity contribution in [3.05, 3.63) is 33.8 Å². The first-order chi connectivity index (χ1) is 8.72. The smallest absolute Gasteiger partial charge is 0.0454 e. The first-order valence-electron chi connectivity index (χ1n) is 6.84. The molecule has 3 atom stereocenters. The third-order valence-electron chi connectivity index (χ3n) is 4.71. The Balaban J connectivity index is 1.86. The van der Waals surface area contributed by atoms with Gasteiger partial charge in [0.2, 0.25) is 0 Å². The van der Waals surface area contributed by atoms with E-state index in [1.54, 1.807) is 0 Å². The van der Waals surface area contributed by atoms with E-state index in [1.165, 1.54) is 31.2 Å². The summed E-state index contributed by atoms with van der Waals surface area (Å²) in [5.74, 6) is 2.57. The number of halogens is 2. The molecule has 2 aliphatic rings. The Bertz CT molecular complexity index is 434. The minimum Gasteiger partial charge on any atom is -0.313 e. The fourth-order valence-electron chi connectivity index (χ4n) is 3.85. The topological polar surface area (TPSA) is 12.0 Å². The number of hydrogen-bond donors (Lipinski definition) is 1. The maximum atomic E-state index is 6.34. The monoisotopic (exact) mass is 283 g/mol. The second-order valence-corrected chi connectivity index (χ2v) is 6.47. The molecule has 2 fully saturated rings. The molecule has 0 spiro atoms. The van der Waals surface area contributed by atoms with Crippen LogP contribution in [0.5, 0.6) is 0 Å². The van der Waals surface area contributed by atoms with Gasteiger partial charge in [-0.2, -0.15) is 0 Å². The van der Waals surface area contributed by atoms with Gasteiger partial charge in [-0.3, -0.25) is 0 Å². The van der Waals surface area contributed by atoms with Crippen LogP contribution in [0.2, 0.25) is 10.0 Å². The van der Waals surface area contributed by atoms with Gasteiger partial charge in [-0.05, 0) is 61.4 Å². The molecule has 1 aromatic rings. The van der Waals surface area contributed by atoms with Crippen molar-refractivity contribution in [2.24, 2.45) is 17.8 Å². The minimum absolute atomic E-state index is 0.365. The Morgan fingerprint density at radius 1 is 1.17 bits per heavy atom. The second-order valence-electron chi connectivity index (χ2n) is 5.62. The van der Waals surface area contributed by atoms with Crippen LogP contribution in [0.25, 0.3) is 0 Å². The molecule has 0 saturated heterocycles. The van der Waals surface area contributed by atoms with Crippen LogP contribution in [0.4, 0.5) is 0 Å². The van der Waals surface area contributed by atoms with E-state index < -0.39 is 0 Å². The summed E-state index contributed by atoms with van der Waals surface area (Å²) in [6, 6.07) is 6.16. The van der Waals surface area contributed by atoms with Crippen LogP contribution in [-0.4, -0.2) is 7.05 Å². The maximum absolute atomic E-state index is 6.34. The summed E-state index contributed by atoms with van der Waals surface area (Å²) in [4.78, 5) is 0. The fraction of sp³-hybridized carbons (Fsp3) is 0.600. The van der Waals surface area contributed by atoms with Crippen LogP contribution >= 0.6 is 23.2 Å². The van der Waals surface area contributed by atoms with E-state index in [4.69, 9.17) is 23.2 Å². The van der Waals surface area contributed by atoms with Crippen LogP contribution in [0, 0.1) is 17.8 Å². The molecule has 1 N–H and O–H groups in total. The standard InChI is InChI=1S/C15H19Cl2N/c1-18-15(12-8-9(16)6-7-13(12)17)14-10-4-2-3-5-11(10)14/h6-8,10-11,14-15,18H,2-5H2,1H3. The van der Waals surface area contributed by atoms with E-state index in [0.717, 1.165) is 27.8 Å². The zero-order valence-corrected chi connectivity index (χ0v) is 12.1. The first kappa shape index (κ1) is 12.8. The first-order valence-corrected chi connectivity index (χ1v) is 7.60. The molecule has 3 rings (SSSR count). The lowest BCUT2D eigenvalue weighted by Crippen LogP contribution is -2.20. The lowest BCUT2D eigenvalue weighted by molar-refractivity contribution is 0.480. The van der Waals surface area contributed by atoms with E-state index in [0.29, 0.717) is 6.04 Å². The number of fused-ring (bicyclic) bond motifs is 1. The van der Waals surface area contributed by atoms with E-state index in [1.807, 2.05) is 25.2 Å². The zero-order chi connectivity index (χ0) is 12.7. The van der Waals surface area contributed by atoms with Gasteiger partial charge in [0.25, 0.3) is 0 Å².